The van der Waals surface area contributed by atoms with Gasteiger partial charge in [0.15, 0.2) is 0 Å². The molecule has 0 spiro atoms. The third-order valence-electron chi connectivity index (χ3n) is 3.29. The van der Waals surface area contributed by atoms with Crippen LogP contribution in [0.15, 0.2) is 18.2 Å². The summed E-state index contributed by atoms with van der Waals surface area (Å²) in [5.74, 6) is -1.09. The van der Waals surface area contributed by atoms with Crippen LogP contribution in [0.4, 0.5) is 8.78 Å². The Kier molecular flexibility index (Phi) is 4.07. The Morgan fingerprint density at radius 2 is 1.82 bits per heavy atom. The van der Waals surface area contributed by atoms with Crippen molar-refractivity contribution in [3.8, 4) is 0 Å². The topological polar surface area (TPSA) is 23.5 Å². The lowest BCUT2D eigenvalue weighted by Gasteiger charge is -2.37. The highest BCUT2D eigenvalue weighted by molar-refractivity contribution is 5.18. The van der Waals surface area contributed by atoms with E-state index < -0.39 is 11.6 Å². The van der Waals surface area contributed by atoms with E-state index in [1.807, 2.05) is 0 Å². The molecule has 0 radical (unpaired) electrons. The van der Waals surface area contributed by atoms with Gasteiger partial charge in [-0.05, 0) is 30.5 Å². The second-order valence-corrected chi connectivity index (χ2v) is 4.56. The van der Waals surface area contributed by atoms with E-state index in [2.05, 4.69) is 4.90 Å². The molecule has 0 atom stereocenters. The van der Waals surface area contributed by atoms with Crippen LogP contribution in [0, 0.1) is 11.6 Å². The molecule has 1 aliphatic carbocycles. The van der Waals surface area contributed by atoms with Gasteiger partial charge in [0.1, 0.15) is 11.6 Å². The summed E-state index contributed by atoms with van der Waals surface area (Å²) in [6.07, 6.45) is 3.42. The predicted molar refractivity (Wildman–Crippen MR) is 61.5 cm³/mol. The van der Waals surface area contributed by atoms with E-state index in [1.54, 1.807) is 0 Å². The van der Waals surface area contributed by atoms with Crippen LogP contribution >= 0.6 is 0 Å². The maximum atomic E-state index is 13.1. The van der Waals surface area contributed by atoms with Crippen LogP contribution in [0.1, 0.15) is 24.8 Å². The first-order valence-electron chi connectivity index (χ1n) is 5.99. The quantitative estimate of drug-likeness (QED) is 0.855. The predicted octanol–water partition coefficient (Wildman–Crippen LogP) is 2.31. The molecule has 1 aromatic carbocycles. The number of aliphatic hydroxyl groups is 1. The molecule has 0 aliphatic heterocycles. The largest absolute Gasteiger partial charge is 0.395 e. The maximum absolute atomic E-state index is 13.1. The third-order valence-corrected chi connectivity index (χ3v) is 3.29. The Balaban J connectivity index is 2.05. The molecule has 1 N–H and O–H groups in total. The van der Waals surface area contributed by atoms with Crippen LogP contribution in [0.25, 0.3) is 0 Å². The number of hydrogen-bond acceptors (Lipinski definition) is 2. The molecule has 0 saturated heterocycles. The summed E-state index contributed by atoms with van der Waals surface area (Å²) >= 11 is 0. The summed E-state index contributed by atoms with van der Waals surface area (Å²) in [4.78, 5) is 2.09. The van der Waals surface area contributed by atoms with E-state index in [1.165, 1.54) is 18.6 Å². The van der Waals surface area contributed by atoms with E-state index in [-0.39, 0.29) is 6.61 Å². The van der Waals surface area contributed by atoms with Gasteiger partial charge in [0.25, 0.3) is 0 Å². The molecule has 2 rings (SSSR count). The summed E-state index contributed by atoms with van der Waals surface area (Å²) in [7, 11) is 0. The average Bonchev–Trinajstić information content (AvgIpc) is 2.13. The highest BCUT2D eigenvalue weighted by atomic mass is 19.1. The summed E-state index contributed by atoms with van der Waals surface area (Å²) < 4.78 is 26.1. The minimum absolute atomic E-state index is 0.0777. The van der Waals surface area contributed by atoms with Crippen LogP contribution in [-0.4, -0.2) is 29.2 Å². The summed E-state index contributed by atoms with van der Waals surface area (Å²) in [5.41, 5.74) is 0.628. The van der Waals surface area contributed by atoms with Crippen molar-refractivity contribution in [2.45, 2.75) is 31.8 Å². The van der Waals surface area contributed by atoms with Gasteiger partial charge in [-0.2, -0.15) is 0 Å². The van der Waals surface area contributed by atoms with Crippen LogP contribution in [-0.2, 0) is 6.54 Å². The van der Waals surface area contributed by atoms with E-state index in [9.17, 15) is 8.78 Å². The summed E-state index contributed by atoms with van der Waals surface area (Å²) in [6.45, 7) is 1.14. The van der Waals surface area contributed by atoms with Crippen molar-refractivity contribution in [2.24, 2.45) is 0 Å². The standard InChI is InChI=1S/C13H17F2NO/c14-11-6-10(7-12(15)8-11)9-16(4-5-17)13-2-1-3-13/h6-8,13,17H,1-5,9H2. The van der Waals surface area contributed by atoms with Gasteiger partial charge >= 0.3 is 0 Å². The fourth-order valence-corrected chi connectivity index (χ4v) is 2.21. The minimum Gasteiger partial charge on any atom is -0.395 e. The van der Waals surface area contributed by atoms with Gasteiger partial charge < -0.3 is 5.11 Å². The van der Waals surface area contributed by atoms with Gasteiger partial charge in [-0.3, -0.25) is 4.90 Å². The van der Waals surface area contributed by atoms with Crippen molar-refractivity contribution >= 4 is 0 Å². The molecular formula is C13H17F2NO. The molecule has 0 aromatic heterocycles. The Hall–Kier alpha value is -1.00. The molecule has 1 fully saturated rings. The van der Waals surface area contributed by atoms with E-state index >= 15 is 0 Å². The lowest BCUT2D eigenvalue weighted by Crippen LogP contribution is -2.41. The van der Waals surface area contributed by atoms with E-state index in [0.717, 1.165) is 18.9 Å². The zero-order valence-corrected chi connectivity index (χ0v) is 9.70. The van der Waals surface area contributed by atoms with Gasteiger partial charge in [-0.25, -0.2) is 8.78 Å². The van der Waals surface area contributed by atoms with Crippen molar-refractivity contribution in [2.75, 3.05) is 13.2 Å². The van der Waals surface area contributed by atoms with Crippen molar-refractivity contribution in [3.63, 3.8) is 0 Å². The number of hydrogen-bond donors (Lipinski definition) is 1. The van der Waals surface area contributed by atoms with Gasteiger partial charge in [-0.1, -0.05) is 6.42 Å². The Bertz CT molecular complexity index is 359. The van der Waals surface area contributed by atoms with Crippen molar-refractivity contribution < 1.29 is 13.9 Å². The molecular weight excluding hydrogens is 224 g/mol. The molecule has 94 valence electrons. The molecule has 17 heavy (non-hydrogen) atoms. The minimum atomic E-state index is -0.544. The van der Waals surface area contributed by atoms with Gasteiger partial charge in [-0.15, -0.1) is 0 Å². The SMILES string of the molecule is OCCN(Cc1cc(F)cc(F)c1)C1CCC1. The fourth-order valence-electron chi connectivity index (χ4n) is 2.21. The van der Waals surface area contributed by atoms with Crippen LogP contribution in [0.5, 0.6) is 0 Å². The molecule has 1 aromatic rings. The number of rotatable bonds is 5. The van der Waals surface area contributed by atoms with Crippen LogP contribution in [0.2, 0.25) is 0 Å². The molecule has 1 saturated carbocycles. The molecule has 1 aliphatic rings. The Morgan fingerprint density at radius 1 is 1.18 bits per heavy atom. The van der Waals surface area contributed by atoms with Crippen LogP contribution in [0.3, 0.4) is 0 Å². The Morgan fingerprint density at radius 3 is 2.29 bits per heavy atom. The van der Waals surface area contributed by atoms with Crippen molar-refractivity contribution in [3.05, 3.63) is 35.4 Å². The molecule has 2 nitrogen and oxygen atoms in total. The number of aliphatic hydroxyl groups excluding tert-OH is 1. The van der Waals surface area contributed by atoms with Gasteiger partial charge in [0.2, 0.25) is 0 Å². The second-order valence-electron chi connectivity index (χ2n) is 4.56. The maximum Gasteiger partial charge on any atom is 0.126 e. The smallest absolute Gasteiger partial charge is 0.126 e. The molecule has 0 bridgehead atoms. The first kappa shape index (κ1) is 12.5. The number of nitrogens with zero attached hydrogens (tertiary/aromatic N) is 1. The van der Waals surface area contributed by atoms with E-state index in [4.69, 9.17) is 5.11 Å². The summed E-state index contributed by atoms with van der Waals surface area (Å²) in [5, 5.41) is 9.00. The zero-order valence-electron chi connectivity index (χ0n) is 9.70. The first-order valence-corrected chi connectivity index (χ1v) is 5.99. The highest BCUT2D eigenvalue weighted by Gasteiger charge is 2.24. The van der Waals surface area contributed by atoms with Gasteiger partial charge in [0, 0.05) is 25.2 Å². The molecule has 0 unspecified atom stereocenters. The monoisotopic (exact) mass is 241 g/mol. The molecule has 0 heterocycles. The van der Waals surface area contributed by atoms with Crippen molar-refractivity contribution in [1.82, 2.24) is 4.90 Å². The lowest BCUT2D eigenvalue weighted by molar-refractivity contribution is 0.0944. The third kappa shape index (κ3) is 3.23. The Labute approximate surface area is 99.9 Å². The normalized spacial score (nSPS) is 16.2. The first-order chi connectivity index (χ1) is 8.19. The van der Waals surface area contributed by atoms with E-state index in [0.29, 0.717) is 24.7 Å². The van der Waals surface area contributed by atoms with Crippen molar-refractivity contribution in [1.29, 1.82) is 0 Å². The average molecular weight is 241 g/mol. The second kappa shape index (κ2) is 5.56. The fraction of sp³-hybridized carbons (Fsp3) is 0.538. The highest BCUT2D eigenvalue weighted by Crippen LogP contribution is 2.26. The lowest BCUT2D eigenvalue weighted by atomic mass is 9.91. The van der Waals surface area contributed by atoms with Crippen LogP contribution < -0.4 is 0 Å². The zero-order chi connectivity index (χ0) is 12.3. The number of halogens is 2. The summed E-state index contributed by atoms with van der Waals surface area (Å²) in [6, 6.07) is 4.04. The number of benzene rings is 1. The van der Waals surface area contributed by atoms with Gasteiger partial charge in [0.05, 0.1) is 6.61 Å². The molecule has 0 amide bonds. The molecule has 4 heteroatoms.